The first-order chi connectivity index (χ1) is 23.7. The average Bonchev–Trinajstić information content (AvgIpc) is 3.78. The normalized spacial score (nSPS) is 12.1. The predicted molar refractivity (Wildman–Crippen MR) is 192 cm³/mol. The van der Waals surface area contributed by atoms with Gasteiger partial charge in [0.15, 0.2) is 0 Å². The molecule has 4 nitrogen and oxygen atoms in total. The Morgan fingerprint density at radius 2 is 1.50 bits per heavy atom. The van der Waals surface area contributed by atoms with Crippen molar-refractivity contribution in [2.75, 3.05) is 0 Å². The monoisotopic (exact) mass is 804 g/mol. The summed E-state index contributed by atoms with van der Waals surface area (Å²) in [5, 5.41) is 2.13. The zero-order valence-electron chi connectivity index (χ0n) is 28.9. The van der Waals surface area contributed by atoms with Gasteiger partial charge in [0.05, 0.1) is 11.4 Å². The minimum absolute atomic E-state index is 0. The molecule has 1 radical (unpaired) electrons. The molecule has 0 spiro atoms. The predicted octanol–water partition coefficient (Wildman–Crippen LogP) is 11.0. The second-order valence-electron chi connectivity index (χ2n) is 12.3. The van der Waals surface area contributed by atoms with Crippen molar-refractivity contribution in [3.05, 3.63) is 164 Å². The van der Waals surface area contributed by atoms with Crippen LogP contribution >= 0.6 is 0 Å². The van der Waals surface area contributed by atoms with Gasteiger partial charge in [-0.3, -0.25) is 4.98 Å². The van der Waals surface area contributed by atoms with E-state index in [1.54, 1.807) is 6.20 Å². The molecule has 0 N–H and O–H groups in total. The molecular weight excluding hydrogens is 767 g/mol. The molecule has 0 aliphatic rings. The second kappa shape index (κ2) is 14.4. The second-order valence-corrected chi connectivity index (χ2v) is 12.3. The van der Waals surface area contributed by atoms with Crippen LogP contribution in [0.1, 0.15) is 29.1 Å². The van der Waals surface area contributed by atoms with Crippen LogP contribution < -0.4 is 0 Å². The first kappa shape index (κ1) is 30.3. The molecule has 0 fully saturated rings. The first-order valence-corrected chi connectivity index (χ1v) is 15.7. The molecule has 0 saturated carbocycles. The molecule has 8 aromatic rings. The molecule has 0 unspecified atom stereocenters. The molecule has 0 amide bonds. The molecule has 3 aromatic heterocycles. The number of furan rings is 1. The van der Waals surface area contributed by atoms with Crippen molar-refractivity contribution >= 4 is 21.9 Å². The van der Waals surface area contributed by atoms with Gasteiger partial charge in [-0.2, -0.15) is 0 Å². The Morgan fingerprint density at radius 1 is 0.729 bits per heavy atom. The van der Waals surface area contributed by atoms with Crippen molar-refractivity contribution in [2.45, 2.75) is 27.1 Å². The van der Waals surface area contributed by atoms with Crippen LogP contribution in [0.3, 0.4) is 0 Å². The van der Waals surface area contributed by atoms with Crippen LogP contribution in [0.2, 0.25) is 0 Å². The summed E-state index contributed by atoms with van der Waals surface area (Å²) in [6, 6.07) is 48.2. The van der Waals surface area contributed by atoms with Crippen molar-refractivity contribution in [3.63, 3.8) is 0 Å². The van der Waals surface area contributed by atoms with E-state index >= 15 is 0 Å². The van der Waals surface area contributed by atoms with E-state index in [-0.39, 0.29) is 20.1 Å². The van der Waals surface area contributed by atoms with Gasteiger partial charge in [0, 0.05) is 52.5 Å². The van der Waals surface area contributed by atoms with E-state index in [9.17, 15) is 0 Å². The zero-order chi connectivity index (χ0) is 34.0. The summed E-state index contributed by atoms with van der Waals surface area (Å²) in [5.41, 5.74) is 7.59. The van der Waals surface area contributed by atoms with Crippen LogP contribution in [-0.4, -0.2) is 14.5 Å². The molecule has 0 aliphatic carbocycles. The fourth-order valence-corrected chi connectivity index (χ4v) is 5.64. The molecule has 239 valence electrons. The van der Waals surface area contributed by atoms with E-state index in [1.807, 2.05) is 142 Å². The van der Waals surface area contributed by atoms with Gasteiger partial charge in [-0.15, -0.1) is 54.1 Å². The largest absolute Gasteiger partial charge is 0.501 e. The standard InChI is InChI=1S/C28H24NO.C15H11N2.Ir/c1-28(2,3)18-19-11-13-20(14-12-19)21-15-16-29-25(17-21)24-9-6-8-23-22-7-4-5-10-26(22)30-27(23)24;1-3-7-13(8-4-1)15-16-11-12-17(15)14-9-5-2-6-10-14;/h4-8,10-17H,18H2,1-3H3;1-7,9-12H;/q2*-1;/i18D2;;. The molecule has 0 atom stereocenters. The van der Waals surface area contributed by atoms with E-state index < -0.39 is 11.8 Å². The fraction of sp³-hybridized carbons (Fsp3) is 0.116. The Labute approximate surface area is 298 Å². The summed E-state index contributed by atoms with van der Waals surface area (Å²) < 4.78 is 25.2. The molecule has 3 heterocycles. The molecule has 0 saturated heterocycles. The molecule has 5 heteroatoms. The van der Waals surface area contributed by atoms with E-state index in [0.29, 0.717) is 5.56 Å². The summed E-state index contributed by atoms with van der Waals surface area (Å²) in [4.78, 5) is 8.99. The van der Waals surface area contributed by atoms with Crippen molar-refractivity contribution in [3.8, 4) is 39.5 Å². The van der Waals surface area contributed by atoms with Gasteiger partial charge in [-0.05, 0) is 58.4 Å². The topological polar surface area (TPSA) is 43.9 Å². The summed E-state index contributed by atoms with van der Waals surface area (Å²) in [5.74, 6) is 0.914. The number of fused-ring (bicyclic) bond motifs is 3. The van der Waals surface area contributed by atoms with Gasteiger partial charge in [-0.25, -0.2) is 0 Å². The van der Waals surface area contributed by atoms with Crippen molar-refractivity contribution in [1.29, 1.82) is 0 Å². The number of rotatable bonds is 5. The molecule has 5 aromatic carbocycles. The van der Waals surface area contributed by atoms with Crippen molar-refractivity contribution in [2.24, 2.45) is 5.41 Å². The van der Waals surface area contributed by atoms with Crippen LogP contribution in [0.5, 0.6) is 0 Å². The number of benzene rings is 5. The van der Waals surface area contributed by atoms with Gasteiger partial charge in [0.2, 0.25) is 0 Å². The van der Waals surface area contributed by atoms with E-state index in [2.05, 4.69) is 44.9 Å². The van der Waals surface area contributed by atoms with Crippen LogP contribution in [-0.2, 0) is 26.5 Å². The third-order valence-electron chi connectivity index (χ3n) is 7.72. The number of hydrogen-bond donors (Lipinski definition) is 0. The molecular formula is C43H35IrN3O-2. The Balaban J connectivity index is 0.000000202. The Morgan fingerprint density at radius 3 is 2.27 bits per heavy atom. The number of nitrogens with zero attached hydrogens (tertiary/aromatic N) is 3. The van der Waals surface area contributed by atoms with Crippen molar-refractivity contribution < 1.29 is 27.3 Å². The fourth-order valence-electron chi connectivity index (χ4n) is 5.64. The summed E-state index contributed by atoms with van der Waals surface area (Å²) in [7, 11) is 0. The number of hydrogen-bond acceptors (Lipinski definition) is 3. The van der Waals surface area contributed by atoms with E-state index in [1.165, 1.54) is 0 Å². The van der Waals surface area contributed by atoms with Crippen LogP contribution in [0, 0.1) is 17.5 Å². The molecule has 0 bridgehead atoms. The van der Waals surface area contributed by atoms with Gasteiger partial charge in [0.1, 0.15) is 5.58 Å². The van der Waals surface area contributed by atoms with Gasteiger partial charge in [-0.1, -0.05) is 98.5 Å². The van der Waals surface area contributed by atoms with Gasteiger partial charge in [0.25, 0.3) is 0 Å². The molecule has 0 aliphatic heterocycles. The van der Waals surface area contributed by atoms with Crippen LogP contribution in [0.4, 0.5) is 0 Å². The molecule has 8 rings (SSSR count). The van der Waals surface area contributed by atoms with E-state index in [0.717, 1.165) is 61.4 Å². The average molecular weight is 804 g/mol. The minimum atomic E-state index is -1.42. The summed E-state index contributed by atoms with van der Waals surface area (Å²) in [6.45, 7) is 5.77. The van der Waals surface area contributed by atoms with E-state index in [4.69, 9.17) is 7.16 Å². The Bertz CT molecular complexity index is 2290. The minimum Gasteiger partial charge on any atom is -0.501 e. The Kier molecular flexibility index (Phi) is 9.05. The molecule has 48 heavy (non-hydrogen) atoms. The SMILES string of the molecule is [2H]C([2H])(c1ccc(-c2ccnc(-c3[c-]ccc4c3oc3ccccc34)c2)cc1)C(C)(C)C.[Ir].[c-]1ccccc1-c1nccn1-c1ccccc1. The third-order valence-corrected chi connectivity index (χ3v) is 7.72. The maximum atomic E-state index is 8.51. The first-order valence-electron chi connectivity index (χ1n) is 16.7. The van der Waals surface area contributed by atoms with Crippen LogP contribution in [0.25, 0.3) is 61.4 Å². The quantitative estimate of drug-likeness (QED) is 0.163. The summed E-state index contributed by atoms with van der Waals surface area (Å²) in [6.07, 6.45) is 4.15. The Hall–Kier alpha value is -5.09. The number of aromatic nitrogens is 3. The van der Waals surface area contributed by atoms with Crippen LogP contribution in [0.15, 0.2) is 150 Å². The smallest absolute Gasteiger partial charge is 0.120 e. The van der Waals surface area contributed by atoms with Gasteiger partial charge < -0.3 is 14.0 Å². The number of para-hydroxylation sites is 2. The maximum Gasteiger partial charge on any atom is 0.120 e. The van der Waals surface area contributed by atoms with Crippen molar-refractivity contribution in [1.82, 2.24) is 14.5 Å². The summed E-state index contributed by atoms with van der Waals surface area (Å²) >= 11 is 0. The zero-order valence-corrected chi connectivity index (χ0v) is 29.3. The number of imidazole rings is 1. The number of pyridine rings is 1. The van der Waals surface area contributed by atoms with Gasteiger partial charge >= 0.3 is 0 Å². The maximum absolute atomic E-state index is 8.51. The third kappa shape index (κ3) is 7.23.